The van der Waals surface area contributed by atoms with Crippen LogP contribution in [0.2, 0.25) is 0 Å². The molecule has 7 heteroatoms. The number of benzene rings is 1. The number of rotatable bonds is 4. The highest BCUT2D eigenvalue weighted by atomic mass is 16.5. The van der Waals surface area contributed by atoms with E-state index in [9.17, 15) is 4.79 Å². The Balaban J connectivity index is 2.17. The Kier molecular flexibility index (Phi) is 3.86. The summed E-state index contributed by atoms with van der Waals surface area (Å²) in [5.41, 5.74) is 10.6. The second-order valence-corrected chi connectivity index (χ2v) is 4.64. The highest BCUT2D eigenvalue weighted by molar-refractivity contribution is 5.98. The number of carbonyl (C=O) groups is 1. The van der Waals surface area contributed by atoms with E-state index in [1.165, 1.54) is 6.26 Å². The highest BCUT2D eigenvalue weighted by Crippen LogP contribution is 2.33. The van der Waals surface area contributed by atoms with Crippen LogP contribution in [0.25, 0.3) is 27.3 Å². The molecule has 1 amide bonds. The largest absolute Gasteiger partial charge is 0.497 e. The van der Waals surface area contributed by atoms with Crippen LogP contribution >= 0.6 is 0 Å². The number of aromatic nitrogens is 1. The third-order valence-corrected chi connectivity index (χ3v) is 3.36. The molecule has 3 aromatic rings. The lowest BCUT2D eigenvalue weighted by atomic mass is 10.1. The molecule has 0 radical (unpaired) electrons. The zero-order valence-electron chi connectivity index (χ0n) is 12.2. The molecule has 0 aliphatic heterocycles. The fraction of sp³-hybridized carbons (Fsp3) is 0.0625. The van der Waals surface area contributed by atoms with Crippen molar-refractivity contribution >= 4 is 5.91 Å². The summed E-state index contributed by atoms with van der Waals surface area (Å²) in [6.45, 7) is 0. The van der Waals surface area contributed by atoms with Crippen LogP contribution in [0, 0.1) is 0 Å². The number of amides is 1. The Morgan fingerprint density at radius 3 is 2.57 bits per heavy atom. The van der Waals surface area contributed by atoms with E-state index < -0.39 is 5.91 Å². The molecule has 0 bridgehead atoms. The second kappa shape index (κ2) is 6.13. The van der Waals surface area contributed by atoms with E-state index in [1.54, 1.807) is 24.1 Å². The molecule has 0 saturated carbocycles. The van der Waals surface area contributed by atoms with Gasteiger partial charge >= 0.3 is 0 Å². The number of carbonyl (C=O) groups excluding carboxylic acids is 1. The first-order valence-corrected chi connectivity index (χ1v) is 6.73. The van der Waals surface area contributed by atoms with Gasteiger partial charge in [-0.2, -0.15) is 0 Å². The van der Waals surface area contributed by atoms with E-state index in [1.807, 2.05) is 36.4 Å². The van der Waals surface area contributed by atoms with Crippen molar-refractivity contribution in [2.24, 2.45) is 5.11 Å². The minimum atomic E-state index is -0.768. The average molecular weight is 308 g/mol. The maximum atomic E-state index is 12.0. The lowest BCUT2D eigenvalue weighted by Crippen LogP contribution is -2.00. The zero-order valence-corrected chi connectivity index (χ0v) is 12.2. The summed E-state index contributed by atoms with van der Waals surface area (Å²) >= 11 is 0. The van der Waals surface area contributed by atoms with Crippen LogP contribution in [-0.4, -0.2) is 17.6 Å². The van der Waals surface area contributed by atoms with E-state index in [0.29, 0.717) is 11.3 Å². The quantitative estimate of drug-likeness (QED) is 0.410. The fourth-order valence-electron chi connectivity index (χ4n) is 2.30. The first kappa shape index (κ1) is 14.5. The average Bonchev–Trinajstić information content (AvgIpc) is 3.24. The van der Waals surface area contributed by atoms with Gasteiger partial charge in [0.25, 0.3) is 5.91 Å². The SMILES string of the molecule is COc1ccc(-c2coc(C(=O)N=[N+]=[N-])c2-n2cccc2)cc1. The molecule has 0 atom stereocenters. The maximum Gasteiger partial charge on any atom is 0.286 e. The van der Waals surface area contributed by atoms with E-state index >= 15 is 0 Å². The summed E-state index contributed by atoms with van der Waals surface area (Å²) in [6, 6.07) is 11.0. The van der Waals surface area contributed by atoms with Gasteiger partial charge in [0.2, 0.25) is 5.76 Å². The molecule has 0 saturated heterocycles. The van der Waals surface area contributed by atoms with Gasteiger partial charge in [0.15, 0.2) is 0 Å². The standard InChI is InChI=1S/C16H12N4O3/c1-22-12-6-4-11(5-7-12)13-10-23-15(16(21)18-19-17)14(13)20-8-2-3-9-20/h2-10H,1H3. The molecule has 0 spiro atoms. The van der Waals surface area contributed by atoms with Crippen molar-refractivity contribution in [3.05, 3.63) is 71.3 Å². The summed E-state index contributed by atoms with van der Waals surface area (Å²) in [6.07, 6.45) is 5.03. The number of ether oxygens (including phenoxy) is 1. The predicted octanol–water partition coefficient (Wildman–Crippen LogP) is 4.20. The van der Waals surface area contributed by atoms with Crippen LogP contribution in [0.5, 0.6) is 5.75 Å². The zero-order chi connectivity index (χ0) is 16.2. The van der Waals surface area contributed by atoms with Gasteiger partial charge in [-0.05, 0) is 40.5 Å². The lowest BCUT2D eigenvalue weighted by Gasteiger charge is -2.07. The summed E-state index contributed by atoms with van der Waals surface area (Å²) in [5, 5.41) is 3.11. The summed E-state index contributed by atoms with van der Waals surface area (Å²) < 4.78 is 12.3. The summed E-state index contributed by atoms with van der Waals surface area (Å²) in [4.78, 5) is 14.5. The molecular formula is C16H12N4O3. The number of hydrogen-bond acceptors (Lipinski definition) is 3. The van der Waals surface area contributed by atoms with E-state index in [2.05, 4.69) is 10.0 Å². The van der Waals surface area contributed by atoms with Crippen molar-refractivity contribution in [1.29, 1.82) is 0 Å². The number of nitrogens with zero attached hydrogens (tertiary/aromatic N) is 4. The molecular weight excluding hydrogens is 296 g/mol. The normalized spacial score (nSPS) is 10.1. The van der Waals surface area contributed by atoms with E-state index in [0.717, 1.165) is 11.3 Å². The molecule has 1 aromatic carbocycles. The monoisotopic (exact) mass is 308 g/mol. The Hall–Kier alpha value is -3.44. The van der Waals surface area contributed by atoms with Crippen molar-refractivity contribution in [3.63, 3.8) is 0 Å². The lowest BCUT2D eigenvalue weighted by molar-refractivity contribution is 0.0974. The van der Waals surface area contributed by atoms with Gasteiger partial charge in [-0.25, -0.2) is 0 Å². The molecule has 0 N–H and O–H groups in total. The molecule has 0 fully saturated rings. The van der Waals surface area contributed by atoms with E-state index in [-0.39, 0.29) is 5.76 Å². The number of azide groups is 1. The Labute approximate surface area is 131 Å². The smallest absolute Gasteiger partial charge is 0.286 e. The Morgan fingerprint density at radius 1 is 1.26 bits per heavy atom. The van der Waals surface area contributed by atoms with Gasteiger partial charge in [-0.3, -0.25) is 4.79 Å². The Bertz CT molecular complexity index is 873. The van der Waals surface area contributed by atoms with Crippen LogP contribution in [0.15, 0.2) is 64.6 Å². The molecule has 3 rings (SSSR count). The molecule has 0 aliphatic rings. The molecule has 2 aromatic heterocycles. The van der Waals surface area contributed by atoms with Crippen molar-refractivity contribution in [2.75, 3.05) is 7.11 Å². The Morgan fingerprint density at radius 2 is 1.96 bits per heavy atom. The van der Waals surface area contributed by atoms with Gasteiger partial charge < -0.3 is 13.7 Å². The van der Waals surface area contributed by atoms with Crippen molar-refractivity contribution in [2.45, 2.75) is 0 Å². The van der Waals surface area contributed by atoms with Gasteiger partial charge in [-0.1, -0.05) is 12.1 Å². The fourth-order valence-corrected chi connectivity index (χ4v) is 2.30. The number of hydrogen-bond donors (Lipinski definition) is 0. The van der Waals surface area contributed by atoms with Gasteiger partial charge in [0.05, 0.1) is 7.11 Å². The third-order valence-electron chi connectivity index (χ3n) is 3.36. The van der Waals surface area contributed by atoms with Crippen molar-refractivity contribution in [1.82, 2.24) is 4.57 Å². The first-order chi connectivity index (χ1) is 11.2. The number of furan rings is 1. The van der Waals surface area contributed by atoms with Gasteiger partial charge in [-0.15, -0.1) is 0 Å². The molecule has 0 aliphatic carbocycles. The van der Waals surface area contributed by atoms with Crippen LogP contribution < -0.4 is 4.74 Å². The summed E-state index contributed by atoms with van der Waals surface area (Å²) in [5.74, 6) is -0.0501. The van der Waals surface area contributed by atoms with Gasteiger partial charge in [0.1, 0.15) is 17.7 Å². The van der Waals surface area contributed by atoms with Crippen molar-refractivity contribution in [3.8, 4) is 22.6 Å². The molecule has 23 heavy (non-hydrogen) atoms. The van der Waals surface area contributed by atoms with Crippen LogP contribution in [0.4, 0.5) is 0 Å². The van der Waals surface area contributed by atoms with Crippen LogP contribution in [0.3, 0.4) is 0 Å². The minimum absolute atomic E-state index is 0.00943. The number of methoxy groups -OCH3 is 1. The maximum absolute atomic E-state index is 12.0. The van der Waals surface area contributed by atoms with Gasteiger partial charge in [0, 0.05) is 22.9 Å². The first-order valence-electron chi connectivity index (χ1n) is 6.73. The molecule has 114 valence electrons. The predicted molar refractivity (Wildman–Crippen MR) is 83.5 cm³/mol. The van der Waals surface area contributed by atoms with Crippen LogP contribution in [0.1, 0.15) is 10.6 Å². The van der Waals surface area contributed by atoms with E-state index in [4.69, 9.17) is 14.7 Å². The van der Waals surface area contributed by atoms with Crippen molar-refractivity contribution < 1.29 is 13.9 Å². The highest BCUT2D eigenvalue weighted by Gasteiger charge is 2.21. The minimum Gasteiger partial charge on any atom is -0.497 e. The second-order valence-electron chi connectivity index (χ2n) is 4.64. The topological polar surface area (TPSA) is 93.1 Å². The third kappa shape index (κ3) is 2.68. The summed E-state index contributed by atoms with van der Waals surface area (Å²) in [7, 11) is 1.59. The molecule has 2 heterocycles. The molecule has 0 unspecified atom stereocenters. The molecule has 7 nitrogen and oxygen atoms in total. The van der Waals surface area contributed by atoms with Crippen LogP contribution in [-0.2, 0) is 0 Å².